The van der Waals surface area contributed by atoms with Gasteiger partial charge in [0.25, 0.3) is 0 Å². The topological polar surface area (TPSA) is 86.2 Å². The maximum absolute atomic E-state index is 17.2. The van der Waals surface area contributed by atoms with Gasteiger partial charge in [0.15, 0.2) is 5.82 Å². The minimum absolute atomic E-state index is 0.0231. The van der Waals surface area contributed by atoms with Crippen molar-refractivity contribution < 1.29 is 19.0 Å². The summed E-state index contributed by atoms with van der Waals surface area (Å²) in [6.45, 7) is 4.84. The fourth-order valence-corrected chi connectivity index (χ4v) is 8.86. The van der Waals surface area contributed by atoms with Gasteiger partial charge in [0.1, 0.15) is 29.4 Å². The molecule has 0 spiro atoms. The number of likely N-dealkylation sites (N-methyl/N-ethyl adjacent to an activating group) is 1. The zero-order valence-corrected chi connectivity index (χ0v) is 28.2. The summed E-state index contributed by atoms with van der Waals surface area (Å²) in [6.07, 6.45) is 12.7. The number of aromatic nitrogens is 2. The molecule has 3 saturated heterocycles. The molecule has 1 saturated carbocycles. The van der Waals surface area contributed by atoms with Gasteiger partial charge in [0.2, 0.25) is 0 Å². The summed E-state index contributed by atoms with van der Waals surface area (Å²) in [6, 6.07) is 11.9. The van der Waals surface area contributed by atoms with E-state index in [1.807, 2.05) is 18.2 Å². The van der Waals surface area contributed by atoms with Crippen LogP contribution in [0.5, 0.6) is 17.5 Å². The van der Waals surface area contributed by atoms with Gasteiger partial charge in [-0.1, -0.05) is 18.1 Å². The Bertz CT molecular complexity index is 2010. The van der Waals surface area contributed by atoms with Crippen molar-refractivity contribution in [3.63, 3.8) is 0 Å². The van der Waals surface area contributed by atoms with E-state index in [2.05, 4.69) is 40.0 Å². The van der Waals surface area contributed by atoms with Gasteiger partial charge in [-0.15, -0.1) is 6.42 Å². The Kier molecular flexibility index (Phi) is 7.38. The first-order chi connectivity index (χ1) is 23.8. The van der Waals surface area contributed by atoms with Gasteiger partial charge in [-0.05, 0) is 94.4 Å². The third-order valence-corrected chi connectivity index (χ3v) is 11.7. The quantitative estimate of drug-likeness (QED) is 0.261. The molecular weight excluding hydrogens is 619 g/mol. The lowest BCUT2D eigenvalue weighted by molar-refractivity contribution is 0.0954. The summed E-state index contributed by atoms with van der Waals surface area (Å²) >= 11 is 0. The number of nitrogens with zero attached hydrogens (tertiary/aromatic N) is 5. The van der Waals surface area contributed by atoms with Crippen molar-refractivity contribution >= 4 is 27.5 Å². The van der Waals surface area contributed by atoms with E-state index in [0.717, 1.165) is 57.2 Å². The molecule has 9 nitrogen and oxygen atoms in total. The van der Waals surface area contributed by atoms with E-state index < -0.39 is 5.82 Å². The normalized spacial score (nSPS) is 25.6. The number of benzene rings is 3. The number of likely N-dealkylation sites (tertiary alicyclic amines) is 1. The van der Waals surface area contributed by atoms with E-state index in [1.165, 1.54) is 12.8 Å². The number of halogens is 1. The first-order valence-electron chi connectivity index (χ1n) is 17.7. The van der Waals surface area contributed by atoms with Crippen molar-refractivity contribution in [2.75, 3.05) is 58.4 Å². The lowest BCUT2D eigenvalue weighted by atomic mass is 9.93. The number of anilines is 1. The molecule has 2 N–H and O–H groups in total. The lowest BCUT2D eigenvalue weighted by Crippen LogP contribution is -2.60. The van der Waals surface area contributed by atoms with Crippen LogP contribution in [0.2, 0.25) is 0 Å². The molecule has 5 aliphatic rings. The fourth-order valence-electron chi connectivity index (χ4n) is 8.86. The van der Waals surface area contributed by atoms with Crippen molar-refractivity contribution in [1.82, 2.24) is 25.1 Å². The van der Waals surface area contributed by atoms with Crippen LogP contribution in [0, 0.1) is 23.6 Å². The highest BCUT2D eigenvalue weighted by Crippen LogP contribution is 2.49. The summed E-state index contributed by atoms with van der Waals surface area (Å²) in [4.78, 5) is 17.1. The third kappa shape index (κ3) is 5.34. The molecule has 1 aliphatic carbocycles. The minimum atomic E-state index is -0.518. The van der Waals surface area contributed by atoms with Gasteiger partial charge in [-0.3, -0.25) is 0 Å². The average Bonchev–Trinajstić information content (AvgIpc) is 3.79. The maximum Gasteiger partial charge on any atom is 0.319 e. The average molecular weight is 663 g/mol. The zero-order chi connectivity index (χ0) is 33.4. The Hall–Kier alpha value is -4.17. The van der Waals surface area contributed by atoms with Crippen LogP contribution in [0.1, 0.15) is 44.1 Å². The van der Waals surface area contributed by atoms with E-state index in [4.69, 9.17) is 25.9 Å². The van der Waals surface area contributed by atoms with E-state index in [-0.39, 0.29) is 40.3 Å². The molecule has 5 heterocycles. The lowest BCUT2D eigenvalue weighted by Gasteiger charge is -2.40. The molecule has 2 bridgehead atoms. The highest BCUT2D eigenvalue weighted by Gasteiger charge is 2.47. The minimum Gasteiger partial charge on any atom is -0.508 e. The molecule has 4 aliphatic heterocycles. The van der Waals surface area contributed by atoms with Gasteiger partial charge in [-0.2, -0.15) is 9.97 Å². The number of fused-ring (bicyclic) bond motifs is 6. The van der Waals surface area contributed by atoms with Crippen LogP contribution in [0.25, 0.3) is 32.8 Å². The third-order valence-electron chi connectivity index (χ3n) is 11.7. The number of ether oxygens (including phenoxy) is 2. The van der Waals surface area contributed by atoms with Gasteiger partial charge < -0.3 is 34.6 Å². The number of phenolic OH excluding ortho intramolecular Hbond substituents is 1. The Balaban J connectivity index is 1.14. The highest BCUT2D eigenvalue weighted by molar-refractivity contribution is 6.05. The van der Waals surface area contributed by atoms with E-state index in [1.54, 1.807) is 18.2 Å². The van der Waals surface area contributed by atoms with Crippen LogP contribution in [-0.2, 0) is 0 Å². The highest BCUT2D eigenvalue weighted by atomic mass is 19.1. The number of rotatable bonds is 7. The molecule has 0 amide bonds. The zero-order valence-electron chi connectivity index (χ0n) is 28.2. The van der Waals surface area contributed by atoms with Gasteiger partial charge in [-0.25, -0.2) is 4.39 Å². The predicted molar refractivity (Wildman–Crippen MR) is 189 cm³/mol. The van der Waals surface area contributed by atoms with Gasteiger partial charge >= 0.3 is 6.01 Å². The summed E-state index contributed by atoms with van der Waals surface area (Å²) in [5, 5.41) is 16.5. The first kappa shape index (κ1) is 30.9. The monoisotopic (exact) mass is 662 g/mol. The van der Waals surface area contributed by atoms with Crippen LogP contribution in [-0.4, -0.2) is 103 Å². The molecule has 9 rings (SSSR count). The predicted octanol–water partition coefficient (Wildman–Crippen LogP) is 5.16. The Morgan fingerprint density at radius 2 is 2.00 bits per heavy atom. The van der Waals surface area contributed by atoms with Crippen molar-refractivity contribution in [3.8, 4) is 41.0 Å². The second-order valence-corrected chi connectivity index (χ2v) is 15.2. The molecule has 10 heteroatoms. The number of piperazine rings is 1. The van der Waals surface area contributed by atoms with Crippen molar-refractivity contribution in [3.05, 3.63) is 47.8 Å². The number of phenols is 1. The number of aromatic hydroxyl groups is 1. The van der Waals surface area contributed by atoms with E-state index in [9.17, 15) is 5.11 Å². The Morgan fingerprint density at radius 3 is 2.82 bits per heavy atom. The number of terminal acetylenes is 1. The number of piperidine rings is 1. The smallest absolute Gasteiger partial charge is 0.319 e. The van der Waals surface area contributed by atoms with Crippen LogP contribution >= 0.6 is 0 Å². The number of hydrogen-bond donors (Lipinski definition) is 2. The largest absolute Gasteiger partial charge is 0.508 e. The van der Waals surface area contributed by atoms with E-state index >= 15 is 4.39 Å². The number of hydrogen-bond acceptors (Lipinski definition) is 9. The summed E-state index contributed by atoms with van der Waals surface area (Å²) in [5.41, 5.74) is 1.58. The molecule has 254 valence electrons. The SMILES string of the molecule is C#Cc1cccc2cc(O)cc(-c3cc4c5c(nc(OCC6(CN7CCC[C@@H](N(C)C)C7)CC6)nc5c3F)N3C[C@H]5CC[C@H](N5)[C@H]3CO4)c12. The van der Waals surface area contributed by atoms with Gasteiger partial charge in [0, 0.05) is 59.7 Å². The maximum atomic E-state index is 17.2. The van der Waals surface area contributed by atoms with Crippen molar-refractivity contribution in [1.29, 1.82) is 0 Å². The molecule has 0 unspecified atom stereocenters. The number of nitrogens with one attached hydrogen (secondary N) is 1. The standard InChI is InChI=1S/C39H43FN6O3/c1-4-23-7-5-8-24-15-27(47)16-28(33(23)24)29-17-32-34-36(35(29)40)42-38(43-37(34)46-18-25-10-11-30(41-25)31(46)20-48-32)49-22-39(12-13-39)21-45-14-6-9-26(19-45)44(2)3/h1,5,7-8,15-17,25-26,30-31,41,47H,6,9-14,18-22H2,2-3H3/t25-,26-,30+,31-/m1/s1. The second-order valence-electron chi connectivity index (χ2n) is 15.2. The molecule has 0 radical (unpaired) electrons. The molecule has 3 aromatic carbocycles. The van der Waals surface area contributed by atoms with Crippen LogP contribution in [0.3, 0.4) is 0 Å². The molecule has 4 atom stereocenters. The fraction of sp³-hybridized carbons (Fsp3) is 0.487. The van der Waals surface area contributed by atoms with Crippen LogP contribution < -0.4 is 19.7 Å². The second kappa shape index (κ2) is 11.7. The Labute approximate surface area is 286 Å². The molecule has 49 heavy (non-hydrogen) atoms. The summed E-state index contributed by atoms with van der Waals surface area (Å²) in [7, 11) is 4.34. The molecule has 4 fully saturated rings. The van der Waals surface area contributed by atoms with Crippen molar-refractivity contribution in [2.24, 2.45) is 5.41 Å². The first-order valence-corrected chi connectivity index (χ1v) is 17.7. The summed E-state index contributed by atoms with van der Waals surface area (Å²) in [5.74, 6) is 3.44. The Morgan fingerprint density at radius 1 is 1.12 bits per heavy atom. The van der Waals surface area contributed by atoms with Crippen LogP contribution in [0.15, 0.2) is 36.4 Å². The summed E-state index contributed by atoms with van der Waals surface area (Å²) < 4.78 is 30.2. The van der Waals surface area contributed by atoms with Crippen LogP contribution in [0.4, 0.5) is 10.2 Å². The van der Waals surface area contributed by atoms with Gasteiger partial charge in [0.05, 0.1) is 18.0 Å². The molecule has 1 aromatic heterocycles. The molecular formula is C39H43FN6O3. The molecule has 4 aromatic rings. The van der Waals surface area contributed by atoms with Crippen molar-refractivity contribution in [2.45, 2.75) is 62.7 Å². The van der Waals surface area contributed by atoms with E-state index in [0.29, 0.717) is 58.8 Å².